The maximum absolute atomic E-state index is 11.4. The Kier molecular flexibility index (Phi) is 11.1. The lowest BCUT2D eigenvalue weighted by atomic mass is 9.85. The van der Waals surface area contributed by atoms with Crippen LogP contribution in [0.4, 0.5) is 0 Å². The quantitative estimate of drug-likeness (QED) is 0.293. The second-order valence-corrected chi connectivity index (χ2v) is 8.51. The molecule has 0 bridgehead atoms. The highest BCUT2D eigenvalue weighted by Crippen LogP contribution is 2.38. The van der Waals surface area contributed by atoms with Crippen molar-refractivity contribution in [3.8, 4) is 0 Å². The first-order chi connectivity index (χ1) is 14.5. The summed E-state index contributed by atoms with van der Waals surface area (Å²) in [5.41, 5.74) is 1.23. The van der Waals surface area contributed by atoms with Crippen LogP contribution in [-0.4, -0.2) is 46.1 Å². The molecule has 0 spiro atoms. The second kappa shape index (κ2) is 13.6. The van der Waals surface area contributed by atoms with Crippen molar-refractivity contribution in [2.75, 3.05) is 6.54 Å². The van der Waals surface area contributed by atoms with Gasteiger partial charge in [0.05, 0.1) is 18.3 Å². The molecule has 0 saturated heterocycles. The van der Waals surface area contributed by atoms with Gasteiger partial charge in [-0.2, -0.15) is 0 Å². The number of allylic oxidation sites excluding steroid dienone is 2. The minimum Gasteiger partial charge on any atom is -0.393 e. The van der Waals surface area contributed by atoms with Crippen LogP contribution in [-0.2, 0) is 11.2 Å². The number of carbonyl (C=O) groups is 1. The van der Waals surface area contributed by atoms with Gasteiger partial charge in [0.25, 0.3) is 0 Å². The number of hydrogen-bond acceptors (Lipinski definition) is 4. The van der Waals surface area contributed by atoms with Gasteiger partial charge >= 0.3 is 0 Å². The Balaban J connectivity index is 1.71. The molecule has 4 N–H and O–H groups in total. The van der Waals surface area contributed by atoms with Crippen molar-refractivity contribution in [3.05, 3.63) is 48.0 Å². The van der Waals surface area contributed by atoms with E-state index >= 15 is 0 Å². The summed E-state index contributed by atoms with van der Waals surface area (Å²) in [7, 11) is 0. The lowest BCUT2D eigenvalue weighted by molar-refractivity contribution is -0.121. The van der Waals surface area contributed by atoms with Crippen molar-refractivity contribution >= 4 is 5.91 Å². The number of aryl methyl sites for hydroxylation is 1. The minimum atomic E-state index is -0.502. The van der Waals surface area contributed by atoms with E-state index in [1.165, 1.54) is 5.56 Å². The minimum absolute atomic E-state index is 0.0198. The summed E-state index contributed by atoms with van der Waals surface area (Å²) in [5.74, 6) is 0.137. The van der Waals surface area contributed by atoms with Gasteiger partial charge in [-0.1, -0.05) is 42.5 Å². The number of hydrogen-bond donors (Lipinski definition) is 4. The van der Waals surface area contributed by atoms with E-state index in [1.807, 2.05) is 25.1 Å². The zero-order valence-corrected chi connectivity index (χ0v) is 18.2. The maximum Gasteiger partial charge on any atom is 0.219 e. The van der Waals surface area contributed by atoms with E-state index < -0.39 is 12.2 Å². The average Bonchev–Trinajstić information content (AvgIpc) is 3.00. The van der Waals surface area contributed by atoms with Crippen molar-refractivity contribution in [2.45, 2.75) is 83.0 Å². The third kappa shape index (κ3) is 8.58. The standard InChI is InChI=1S/C25H39NO4/c1-2-26-25(30)13-9-4-3-8-12-21-22(24(29)18-23(21)28)17-16-20(27)15-14-19-10-6-5-7-11-19/h3,5-8,10-11,20-24,27-29H,2,4,9,12-18H2,1H3,(H,26,30)/b8-3+. The van der Waals surface area contributed by atoms with Gasteiger partial charge < -0.3 is 20.6 Å². The molecule has 1 aromatic rings. The molecule has 1 fully saturated rings. The third-order valence-corrected chi connectivity index (χ3v) is 6.19. The van der Waals surface area contributed by atoms with Crippen LogP contribution in [0.5, 0.6) is 0 Å². The number of aliphatic hydroxyl groups is 3. The van der Waals surface area contributed by atoms with E-state index in [1.54, 1.807) is 0 Å². The summed E-state index contributed by atoms with van der Waals surface area (Å²) in [6.07, 6.45) is 9.02. The molecule has 1 amide bonds. The molecular weight excluding hydrogens is 378 g/mol. The summed E-state index contributed by atoms with van der Waals surface area (Å²) < 4.78 is 0. The molecular formula is C25H39NO4. The molecule has 5 nitrogen and oxygen atoms in total. The van der Waals surface area contributed by atoms with Crippen LogP contribution in [0.25, 0.3) is 0 Å². The van der Waals surface area contributed by atoms with E-state index in [9.17, 15) is 20.1 Å². The van der Waals surface area contributed by atoms with Crippen LogP contribution in [0.1, 0.15) is 63.9 Å². The Morgan fingerprint density at radius 2 is 1.87 bits per heavy atom. The van der Waals surface area contributed by atoms with Crippen molar-refractivity contribution < 1.29 is 20.1 Å². The largest absolute Gasteiger partial charge is 0.393 e. The molecule has 5 heteroatoms. The summed E-state index contributed by atoms with van der Waals surface area (Å²) in [4.78, 5) is 11.4. The highest BCUT2D eigenvalue weighted by Gasteiger charge is 2.40. The first kappa shape index (κ1) is 24.6. The summed E-state index contributed by atoms with van der Waals surface area (Å²) in [6.45, 7) is 2.58. The van der Waals surface area contributed by atoms with Gasteiger partial charge in [0.15, 0.2) is 0 Å². The van der Waals surface area contributed by atoms with Gasteiger partial charge in [0.2, 0.25) is 5.91 Å². The van der Waals surface area contributed by atoms with Crippen LogP contribution < -0.4 is 5.32 Å². The molecule has 5 atom stereocenters. The molecule has 0 heterocycles. The molecule has 0 aliphatic heterocycles. The highest BCUT2D eigenvalue weighted by molar-refractivity contribution is 5.75. The topological polar surface area (TPSA) is 89.8 Å². The van der Waals surface area contributed by atoms with E-state index in [-0.39, 0.29) is 23.8 Å². The van der Waals surface area contributed by atoms with Crippen LogP contribution in [0.15, 0.2) is 42.5 Å². The third-order valence-electron chi connectivity index (χ3n) is 6.19. The van der Waals surface area contributed by atoms with E-state index in [4.69, 9.17) is 0 Å². The van der Waals surface area contributed by atoms with Gasteiger partial charge in [0.1, 0.15) is 0 Å². The highest BCUT2D eigenvalue weighted by atomic mass is 16.3. The number of benzene rings is 1. The Morgan fingerprint density at radius 1 is 1.13 bits per heavy atom. The monoisotopic (exact) mass is 417 g/mol. The predicted octanol–water partition coefficient (Wildman–Crippen LogP) is 3.37. The van der Waals surface area contributed by atoms with E-state index in [0.29, 0.717) is 32.2 Å². The van der Waals surface area contributed by atoms with Crippen LogP contribution in [0, 0.1) is 11.8 Å². The number of amides is 1. The Labute approximate surface area is 181 Å². The summed E-state index contributed by atoms with van der Waals surface area (Å²) >= 11 is 0. The number of rotatable bonds is 13. The predicted molar refractivity (Wildman–Crippen MR) is 120 cm³/mol. The molecule has 1 saturated carbocycles. The molecule has 0 radical (unpaired) electrons. The van der Waals surface area contributed by atoms with Gasteiger partial charge in [-0.15, -0.1) is 0 Å². The zero-order valence-electron chi connectivity index (χ0n) is 18.2. The van der Waals surface area contributed by atoms with Gasteiger partial charge in [-0.05, 0) is 75.7 Å². The second-order valence-electron chi connectivity index (χ2n) is 8.51. The lowest BCUT2D eigenvalue weighted by Crippen LogP contribution is -2.23. The maximum atomic E-state index is 11.4. The summed E-state index contributed by atoms with van der Waals surface area (Å²) in [6, 6.07) is 10.2. The first-order valence-corrected chi connectivity index (χ1v) is 11.5. The van der Waals surface area contributed by atoms with Crippen molar-refractivity contribution in [1.82, 2.24) is 5.32 Å². The van der Waals surface area contributed by atoms with Gasteiger partial charge in [-0.3, -0.25) is 4.79 Å². The molecule has 1 aromatic carbocycles. The van der Waals surface area contributed by atoms with Gasteiger partial charge in [0, 0.05) is 13.0 Å². The molecule has 5 unspecified atom stereocenters. The fourth-order valence-electron chi connectivity index (χ4n) is 4.45. The Bertz CT molecular complexity index is 633. The van der Waals surface area contributed by atoms with Gasteiger partial charge in [-0.25, -0.2) is 0 Å². The summed E-state index contributed by atoms with van der Waals surface area (Å²) in [5, 5.41) is 33.9. The lowest BCUT2D eigenvalue weighted by Gasteiger charge is -2.23. The fourth-order valence-corrected chi connectivity index (χ4v) is 4.45. The molecule has 1 aliphatic carbocycles. The molecule has 2 rings (SSSR count). The van der Waals surface area contributed by atoms with E-state index in [2.05, 4.69) is 29.6 Å². The van der Waals surface area contributed by atoms with Crippen molar-refractivity contribution in [2.24, 2.45) is 11.8 Å². The average molecular weight is 418 g/mol. The number of carbonyl (C=O) groups excluding carboxylic acids is 1. The van der Waals surface area contributed by atoms with Crippen molar-refractivity contribution in [1.29, 1.82) is 0 Å². The molecule has 0 aromatic heterocycles. The smallest absolute Gasteiger partial charge is 0.219 e. The van der Waals surface area contributed by atoms with E-state index in [0.717, 1.165) is 32.1 Å². The van der Waals surface area contributed by atoms with Crippen LogP contribution in [0.3, 0.4) is 0 Å². The Hall–Kier alpha value is -1.69. The van der Waals surface area contributed by atoms with Crippen LogP contribution >= 0.6 is 0 Å². The number of unbranched alkanes of at least 4 members (excludes halogenated alkanes) is 1. The Morgan fingerprint density at radius 3 is 2.60 bits per heavy atom. The normalized spacial score (nSPS) is 24.9. The fraction of sp³-hybridized carbons (Fsp3) is 0.640. The molecule has 1 aliphatic rings. The SMILES string of the molecule is CCNC(=O)CCC/C=C/CC1C(O)CC(O)C1CCC(O)CCc1ccccc1. The van der Waals surface area contributed by atoms with Crippen LogP contribution in [0.2, 0.25) is 0 Å². The molecule has 30 heavy (non-hydrogen) atoms. The van der Waals surface area contributed by atoms with Crippen molar-refractivity contribution in [3.63, 3.8) is 0 Å². The number of aliphatic hydroxyl groups excluding tert-OH is 3. The zero-order chi connectivity index (χ0) is 21.8. The molecule has 168 valence electrons. The number of nitrogens with one attached hydrogen (secondary N) is 1. The first-order valence-electron chi connectivity index (χ1n) is 11.5.